The van der Waals surface area contributed by atoms with E-state index >= 15 is 0 Å². The van der Waals surface area contributed by atoms with Crippen molar-refractivity contribution in [2.75, 3.05) is 6.54 Å². The molecule has 0 radical (unpaired) electrons. The Kier molecular flexibility index (Phi) is 9.21. The number of hydrogen-bond donors (Lipinski definition) is 4. The van der Waals surface area contributed by atoms with Gasteiger partial charge in [0.25, 0.3) is 0 Å². The Hall–Kier alpha value is -1.14. The summed E-state index contributed by atoms with van der Waals surface area (Å²) in [5.74, 6) is 0.119. The lowest BCUT2D eigenvalue weighted by atomic mass is 9.87. The van der Waals surface area contributed by atoms with Gasteiger partial charge in [0.15, 0.2) is 5.11 Å². The van der Waals surface area contributed by atoms with Crippen molar-refractivity contribution in [3.63, 3.8) is 0 Å². The second kappa shape index (κ2) is 9.73. The van der Waals surface area contributed by atoms with Crippen LogP contribution in [0, 0.1) is 11.8 Å². The third-order valence-electron chi connectivity index (χ3n) is 2.92. The maximum Gasteiger partial charge on any atom is 0.241 e. The maximum atomic E-state index is 12.2. The number of hydrazine groups is 1. The summed E-state index contributed by atoms with van der Waals surface area (Å²) < 4.78 is 0. The monoisotopic (exact) mass is 315 g/mol. The number of nitrogens with one attached hydrogen (secondary N) is 3. The largest absolute Gasteiger partial charge is 0.390 e. The van der Waals surface area contributed by atoms with Gasteiger partial charge < -0.3 is 10.4 Å². The van der Waals surface area contributed by atoms with Crippen LogP contribution >= 0.6 is 12.2 Å². The van der Waals surface area contributed by atoms with Crippen molar-refractivity contribution in [3.8, 4) is 0 Å². The van der Waals surface area contributed by atoms with Crippen LogP contribution in [0.2, 0.25) is 0 Å². The first-order chi connectivity index (χ1) is 9.65. The Balaban J connectivity index is 4.42. The summed E-state index contributed by atoms with van der Waals surface area (Å²) in [6.07, 6.45) is 3.77. The molecule has 5 nitrogen and oxygen atoms in total. The van der Waals surface area contributed by atoms with Gasteiger partial charge in [-0.1, -0.05) is 26.3 Å². The molecule has 0 saturated heterocycles. The predicted molar refractivity (Wildman–Crippen MR) is 90.6 cm³/mol. The highest BCUT2D eigenvalue weighted by Gasteiger charge is 2.26. The molecule has 0 aliphatic rings. The Morgan fingerprint density at radius 2 is 1.95 bits per heavy atom. The second-order valence-corrected chi connectivity index (χ2v) is 6.71. The maximum absolute atomic E-state index is 12.2. The van der Waals surface area contributed by atoms with Crippen LogP contribution in [0.5, 0.6) is 0 Å². The molecule has 1 atom stereocenters. The van der Waals surface area contributed by atoms with Crippen molar-refractivity contribution in [3.05, 3.63) is 12.7 Å². The van der Waals surface area contributed by atoms with Gasteiger partial charge >= 0.3 is 0 Å². The molecule has 0 spiro atoms. The van der Waals surface area contributed by atoms with Crippen molar-refractivity contribution < 1.29 is 9.90 Å². The lowest BCUT2D eigenvalue weighted by Crippen LogP contribution is -2.49. The highest BCUT2D eigenvalue weighted by Crippen LogP contribution is 2.22. The van der Waals surface area contributed by atoms with Crippen LogP contribution in [0.3, 0.4) is 0 Å². The fraction of sp³-hybridized carbons (Fsp3) is 0.733. The topological polar surface area (TPSA) is 73.4 Å². The summed E-state index contributed by atoms with van der Waals surface area (Å²) in [7, 11) is 0. The van der Waals surface area contributed by atoms with Crippen molar-refractivity contribution in [2.24, 2.45) is 11.8 Å². The molecule has 0 aromatic heterocycles. The molecule has 21 heavy (non-hydrogen) atoms. The summed E-state index contributed by atoms with van der Waals surface area (Å²) in [5.41, 5.74) is 4.39. The molecule has 0 aromatic rings. The molecular weight excluding hydrogens is 286 g/mol. The van der Waals surface area contributed by atoms with E-state index in [0.29, 0.717) is 24.0 Å². The van der Waals surface area contributed by atoms with E-state index in [-0.39, 0.29) is 11.8 Å². The molecule has 0 saturated carbocycles. The summed E-state index contributed by atoms with van der Waals surface area (Å²) in [6, 6.07) is 0. The van der Waals surface area contributed by atoms with E-state index in [0.717, 1.165) is 12.8 Å². The molecule has 1 amide bonds. The normalized spacial score (nSPS) is 12.7. The fourth-order valence-corrected chi connectivity index (χ4v) is 2.03. The Bertz CT molecular complexity index is 351. The summed E-state index contributed by atoms with van der Waals surface area (Å²) >= 11 is 5.01. The molecule has 0 aromatic carbocycles. The molecule has 0 heterocycles. The van der Waals surface area contributed by atoms with Crippen LogP contribution in [0.25, 0.3) is 0 Å². The zero-order valence-corrected chi connectivity index (χ0v) is 14.3. The van der Waals surface area contributed by atoms with Gasteiger partial charge in [-0.15, -0.1) is 6.58 Å². The van der Waals surface area contributed by atoms with Gasteiger partial charge in [-0.05, 0) is 44.8 Å². The van der Waals surface area contributed by atoms with Crippen LogP contribution in [-0.4, -0.2) is 28.3 Å². The average Bonchev–Trinajstić information content (AvgIpc) is 2.36. The number of hydrogen-bond acceptors (Lipinski definition) is 3. The Labute approximate surface area is 133 Å². The van der Waals surface area contributed by atoms with Gasteiger partial charge in [0, 0.05) is 12.5 Å². The van der Waals surface area contributed by atoms with E-state index in [1.165, 1.54) is 0 Å². The van der Waals surface area contributed by atoms with E-state index in [2.05, 4.69) is 36.6 Å². The number of amides is 1. The summed E-state index contributed by atoms with van der Waals surface area (Å²) in [6.45, 7) is 11.8. The zero-order chi connectivity index (χ0) is 16.5. The van der Waals surface area contributed by atoms with E-state index in [9.17, 15) is 9.90 Å². The predicted octanol–water partition coefficient (Wildman–Crippen LogP) is 1.88. The highest BCUT2D eigenvalue weighted by molar-refractivity contribution is 7.80. The SMILES string of the molecule is C=CCNC(=S)NNC(=O)[C@H](CCC(C)C)CC(C)(C)O. The molecule has 6 heteroatoms. The zero-order valence-electron chi connectivity index (χ0n) is 13.5. The molecule has 4 N–H and O–H groups in total. The third kappa shape index (κ3) is 11.2. The van der Waals surface area contributed by atoms with Crippen LogP contribution in [0.15, 0.2) is 12.7 Å². The van der Waals surface area contributed by atoms with E-state index in [1.54, 1.807) is 19.9 Å². The first-order valence-electron chi connectivity index (χ1n) is 7.32. The van der Waals surface area contributed by atoms with Crippen LogP contribution in [-0.2, 0) is 4.79 Å². The first kappa shape index (κ1) is 19.9. The quantitative estimate of drug-likeness (QED) is 0.313. The van der Waals surface area contributed by atoms with Gasteiger partial charge in [0.2, 0.25) is 5.91 Å². The van der Waals surface area contributed by atoms with Gasteiger partial charge in [0.05, 0.1) is 5.60 Å². The Morgan fingerprint density at radius 1 is 1.33 bits per heavy atom. The Morgan fingerprint density at radius 3 is 2.43 bits per heavy atom. The minimum absolute atomic E-state index is 0.152. The van der Waals surface area contributed by atoms with Crippen molar-refractivity contribution in [1.82, 2.24) is 16.2 Å². The molecule has 0 rings (SSSR count). The second-order valence-electron chi connectivity index (χ2n) is 6.30. The molecule has 0 unspecified atom stereocenters. The smallest absolute Gasteiger partial charge is 0.241 e. The first-order valence-corrected chi connectivity index (χ1v) is 7.73. The van der Waals surface area contributed by atoms with Crippen molar-refractivity contribution in [2.45, 2.75) is 52.6 Å². The standard InChI is InChI=1S/C15H29N3O2S/c1-6-9-16-14(21)18-17-13(19)12(8-7-11(2)3)10-15(4,5)20/h6,11-12,20H,1,7-10H2,2-5H3,(H,17,19)(H2,16,18,21)/t12-/m1/s1. The molecule has 0 bridgehead atoms. The third-order valence-corrected chi connectivity index (χ3v) is 3.16. The molecular formula is C15H29N3O2S. The molecule has 0 aliphatic carbocycles. The van der Waals surface area contributed by atoms with Crippen molar-refractivity contribution >= 4 is 23.2 Å². The van der Waals surface area contributed by atoms with Gasteiger partial charge in [-0.3, -0.25) is 15.6 Å². The number of carbonyl (C=O) groups is 1. The number of thiocarbonyl (C=S) groups is 1. The number of carbonyl (C=O) groups excluding carboxylic acids is 1. The van der Waals surface area contributed by atoms with Gasteiger partial charge in [-0.25, -0.2) is 0 Å². The van der Waals surface area contributed by atoms with Crippen LogP contribution in [0.4, 0.5) is 0 Å². The van der Waals surface area contributed by atoms with E-state index in [1.807, 2.05) is 0 Å². The molecule has 0 aliphatic heterocycles. The van der Waals surface area contributed by atoms with Gasteiger partial charge in [0.1, 0.15) is 0 Å². The summed E-state index contributed by atoms with van der Waals surface area (Å²) in [4.78, 5) is 12.2. The van der Waals surface area contributed by atoms with Crippen LogP contribution in [0.1, 0.15) is 47.0 Å². The van der Waals surface area contributed by atoms with Crippen molar-refractivity contribution in [1.29, 1.82) is 0 Å². The van der Waals surface area contributed by atoms with Crippen LogP contribution < -0.4 is 16.2 Å². The minimum atomic E-state index is -0.874. The summed E-state index contributed by atoms with van der Waals surface area (Å²) in [5, 5.41) is 13.2. The van der Waals surface area contributed by atoms with E-state index < -0.39 is 5.60 Å². The van der Waals surface area contributed by atoms with Gasteiger partial charge in [-0.2, -0.15) is 0 Å². The number of aliphatic hydroxyl groups is 1. The fourth-order valence-electron chi connectivity index (χ4n) is 1.89. The van der Waals surface area contributed by atoms with E-state index in [4.69, 9.17) is 12.2 Å². The number of rotatable bonds is 8. The molecule has 122 valence electrons. The minimum Gasteiger partial charge on any atom is -0.390 e. The average molecular weight is 315 g/mol. The lowest BCUT2D eigenvalue weighted by Gasteiger charge is -2.25. The molecule has 0 fully saturated rings. The lowest BCUT2D eigenvalue weighted by molar-refractivity contribution is -0.128. The highest BCUT2D eigenvalue weighted by atomic mass is 32.1.